The molecule has 0 atom stereocenters. The van der Waals surface area contributed by atoms with Crippen LogP contribution in [0.1, 0.15) is 12.5 Å². The highest BCUT2D eigenvalue weighted by molar-refractivity contribution is 9.10. The lowest BCUT2D eigenvalue weighted by molar-refractivity contribution is -0.114. The van der Waals surface area contributed by atoms with Crippen molar-refractivity contribution in [2.75, 3.05) is 18.5 Å². The molecule has 0 spiro atoms. The van der Waals surface area contributed by atoms with E-state index >= 15 is 0 Å². The molecule has 0 aliphatic carbocycles. The van der Waals surface area contributed by atoms with Gasteiger partial charge in [0.1, 0.15) is 24.7 Å². The number of nitrogens with one attached hydrogen (secondary N) is 1. The molecule has 0 fully saturated rings. The summed E-state index contributed by atoms with van der Waals surface area (Å²) < 4.78 is 12.3. The van der Waals surface area contributed by atoms with Crippen molar-refractivity contribution in [3.8, 4) is 11.5 Å². The molecule has 1 amide bonds. The monoisotopic (exact) mass is 363 g/mol. The van der Waals surface area contributed by atoms with Gasteiger partial charge in [-0.1, -0.05) is 28.1 Å². The lowest BCUT2D eigenvalue weighted by Gasteiger charge is -2.13. The van der Waals surface area contributed by atoms with Crippen LogP contribution < -0.4 is 14.8 Å². The predicted octanol–water partition coefficient (Wildman–Crippen LogP) is 4.17. The molecule has 1 N–H and O–H groups in total. The summed E-state index contributed by atoms with van der Waals surface area (Å²) in [6, 6.07) is 13.3. The van der Waals surface area contributed by atoms with Crippen LogP contribution in [0.4, 0.5) is 5.69 Å². The van der Waals surface area contributed by atoms with Gasteiger partial charge >= 0.3 is 0 Å². The minimum atomic E-state index is -0.126. The smallest absolute Gasteiger partial charge is 0.221 e. The maximum absolute atomic E-state index is 11.2. The van der Waals surface area contributed by atoms with Crippen LogP contribution in [0.15, 0.2) is 46.9 Å². The number of hydrogen-bond donors (Lipinski definition) is 1. The van der Waals surface area contributed by atoms with Gasteiger partial charge in [-0.3, -0.25) is 4.79 Å². The molecule has 0 saturated heterocycles. The molecule has 116 valence electrons. The molecule has 0 aromatic heterocycles. The summed E-state index contributed by atoms with van der Waals surface area (Å²) in [7, 11) is 0. The first-order valence-electron chi connectivity index (χ1n) is 6.94. The molecular formula is C17H18BrNO3. The second-order valence-corrected chi connectivity index (χ2v) is 5.75. The van der Waals surface area contributed by atoms with E-state index in [4.69, 9.17) is 9.47 Å². The van der Waals surface area contributed by atoms with Gasteiger partial charge in [0.05, 0.1) is 5.69 Å². The van der Waals surface area contributed by atoms with E-state index in [1.165, 1.54) is 6.92 Å². The highest BCUT2D eigenvalue weighted by Gasteiger charge is 2.06. The Balaban J connectivity index is 1.91. The molecule has 5 heteroatoms. The van der Waals surface area contributed by atoms with Crippen molar-refractivity contribution in [2.45, 2.75) is 13.8 Å². The van der Waals surface area contributed by atoms with Crippen LogP contribution in [0.5, 0.6) is 11.5 Å². The average molecular weight is 364 g/mol. The summed E-state index contributed by atoms with van der Waals surface area (Å²) in [5.41, 5.74) is 1.73. The number of carbonyl (C=O) groups excluding carboxylic acids is 1. The lowest BCUT2D eigenvalue weighted by Crippen LogP contribution is -2.12. The lowest BCUT2D eigenvalue weighted by atomic mass is 10.2. The van der Waals surface area contributed by atoms with Crippen LogP contribution in [0.3, 0.4) is 0 Å². The predicted molar refractivity (Wildman–Crippen MR) is 90.6 cm³/mol. The third kappa shape index (κ3) is 5.07. The molecule has 2 rings (SSSR count). The third-order valence-corrected chi connectivity index (χ3v) is 3.35. The van der Waals surface area contributed by atoms with Crippen LogP contribution in [0.25, 0.3) is 0 Å². The van der Waals surface area contributed by atoms with Crippen LogP contribution in [0, 0.1) is 6.92 Å². The summed E-state index contributed by atoms with van der Waals surface area (Å²) >= 11 is 3.40. The van der Waals surface area contributed by atoms with Gasteiger partial charge in [0.25, 0.3) is 0 Å². The minimum Gasteiger partial charge on any atom is -0.490 e. The highest BCUT2D eigenvalue weighted by Crippen LogP contribution is 2.25. The minimum absolute atomic E-state index is 0.126. The van der Waals surface area contributed by atoms with Gasteiger partial charge in [-0.25, -0.2) is 0 Å². The Morgan fingerprint density at radius 2 is 1.91 bits per heavy atom. The zero-order valence-electron chi connectivity index (χ0n) is 12.6. The molecule has 0 radical (unpaired) electrons. The Morgan fingerprint density at radius 3 is 2.64 bits per heavy atom. The topological polar surface area (TPSA) is 47.6 Å². The molecule has 0 heterocycles. The Morgan fingerprint density at radius 1 is 1.14 bits per heavy atom. The van der Waals surface area contributed by atoms with Gasteiger partial charge in [-0.2, -0.15) is 0 Å². The van der Waals surface area contributed by atoms with E-state index in [0.29, 0.717) is 24.7 Å². The van der Waals surface area contributed by atoms with E-state index in [0.717, 1.165) is 15.8 Å². The van der Waals surface area contributed by atoms with E-state index in [2.05, 4.69) is 21.2 Å². The van der Waals surface area contributed by atoms with Gasteiger partial charge < -0.3 is 14.8 Å². The largest absolute Gasteiger partial charge is 0.490 e. The van der Waals surface area contributed by atoms with Crippen LogP contribution >= 0.6 is 15.9 Å². The molecule has 0 unspecified atom stereocenters. The first kappa shape index (κ1) is 16.4. The van der Waals surface area contributed by atoms with E-state index in [-0.39, 0.29) is 5.91 Å². The van der Waals surface area contributed by atoms with Crippen molar-refractivity contribution in [1.29, 1.82) is 0 Å². The fourth-order valence-electron chi connectivity index (χ4n) is 1.91. The Kier molecular flexibility index (Phi) is 5.83. The number of anilines is 1. The molecule has 0 saturated carbocycles. The van der Waals surface area contributed by atoms with Crippen molar-refractivity contribution in [3.63, 3.8) is 0 Å². The maximum Gasteiger partial charge on any atom is 0.221 e. The van der Waals surface area contributed by atoms with E-state index < -0.39 is 0 Å². The molecule has 22 heavy (non-hydrogen) atoms. The van der Waals surface area contributed by atoms with Crippen LogP contribution in [0.2, 0.25) is 0 Å². The summed E-state index contributed by atoms with van der Waals surface area (Å²) in [5.74, 6) is 1.30. The number of carbonyl (C=O) groups is 1. The van der Waals surface area contributed by atoms with E-state index in [1.807, 2.05) is 49.4 Å². The Hall–Kier alpha value is -2.01. The highest BCUT2D eigenvalue weighted by atomic mass is 79.9. The zero-order chi connectivity index (χ0) is 15.9. The molecule has 0 aliphatic rings. The number of amides is 1. The second kappa shape index (κ2) is 7.84. The molecule has 0 aliphatic heterocycles. The molecule has 4 nitrogen and oxygen atoms in total. The molecule has 0 bridgehead atoms. The maximum atomic E-state index is 11.2. The van der Waals surface area contributed by atoms with Crippen molar-refractivity contribution < 1.29 is 14.3 Å². The van der Waals surface area contributed by atoms with Crippen molar-refractivity contribution >= 4 is 27.5 Å². The van der Waals surface area contributed by atoms with E-state index in [9.17, 15) is 4.79 Å². The van der Waals surface area contributed by atoms with Crippen LogP contribution in [-0.4, -0.2) is 19.1 Å². The molecule has 2 aromatic rings. The standard InChI is InChI=1S/C17H18BrNO3/c1-12-6-7-16(19-13(2)20)17(10-12)22-9-8-21-15-5-3-4-14(18)11-15/h3-7,10-11H,8-9H2,1-2H3,(H,19,20). The first-order valence-corrected chi connectivity index (χ1v) is 7.73. The Bertz CT molecular complexity index is 658. The van der Waals surface area contributed by atoms with Crippen LogP contribution in [-0.2, 0) is 4.79 Å². The Labute approximate surface area is 138 Å². The summed E-state index contributed by atoms with van der Waals surface area (Å²) in [6.45, 7) is 4.26. The second-order valence-electron chi connectivity index (χ2n) is 4.84. The van der Waals surface area contributed by atoms with Gasteiger partial charge in [0.15, 0.2) is 0 Å². The van der Waals surface area contributed by atoms with Gasteiger partial charge in [0.2, 0.25) is 5.91 Å². The number of benzene rings is 2. The van der Waals surface area contributed by atoms with Gasteiger partial charge in [-0.05, 0) is 42.8 Å². The first-order chi connectivity index (χ1) is 10.5. The SMILES string of the molecule is CC(=O)Nc1ccc(C)cc1OCCOc1cccc(Br)c1. The average Bonchev–Trinajstić information content (AvgIpc) is 2.46. The van der Waals surface area contributed by atoms with Crippen molar-refractivity contribution in [3.05, 3.63) is 52.5 Å². The van der Waals surface area contributed by atoms with Gasteiger partial charge in [-0.15, -0.1) is 0 Å². The number of rotatable bonds is 6. The fraction of sp³-hybridized carbons (Fsp3) is 0.235. The summed E-state index contributed by atoms with van der Waals surface area (Å²) in [6.07, 6.45) is 0. The van der Waals surface area contributed by atoms with Gasteiger partial charge in [0, 0.05) is 11.4 Å². The number of hydrogen-bond acceptors (Lipinski definition) is 3. The number of ether oxygens (including phenoxy) is 2. The summed E-state index contributed by atoms with van der Waals surface area (Å²) in [5, 5.41) is 2.76. The number of aryl methyl sites for hydroxylation is 1. The fourth-order valence-corrected chi connectivity index (χ4v) is 2.29. The quantitative estimate of drug-likeness (QED) is 0.783. The van der Waals surface area contributed by atoms with Crippen molar-refractivity contribution in [2.24, 2.45) is 0 Å². The van der Waals surface area contributed by atoms with Crippen molar-refractivity contribution in [1.82, 2.24) is 0 Å². The third-order valence-electron chi connectivity index (χ3n) is 2.85. The summed E-state index contributed by atoms with van der Waals surface area (Å²) in [4.78, 5) is 11.2. The normalized spacial score (nSPS) is 10.1. The zero-order valence-corrected chi connectivity index (χ0v) is 14.1. The number of halogens is 1. The van der Waals surface area contributed by atoms with E-state index in [1.54, 1.807) is 0 Å². The molecule has 2 aromatic carbocycles. The molecular weight excluding hydrogens is 346 g/mol.